The van der Waals surface area contributed by atoms with E-state index in [4.69, 9.17) is 30.0 Å². The highest BCUT2D eigenvalue weighted by atomic mass is 15.2. The number of hydrogen-bond donors (Lipinski definition) is 0. The SMILES string of the molecule is [2H]c1c([2H])c([2H])c2c(c1[2H])-c1c(c([2H])c([2H])c3c4c([2H])c([2H])c([2H])c([2H])c4n(-c4nc(-c5ccc(-c6ccccc6)cc5)nc(-c5ccc(-c6ccccc6)cc5)n4)c13)C2(C([2H])([2H])[2H])C([2H])([2H])[2H]. The van der Waals surface area contributed by atoms with Crippen LogP contribution in [-0.4, -0.2) is 19.5 Å². The van der Waals surface area contributed by atoms with Crippen LogP contribution in [0.3, 0.4) is 0 Å². The third-order valence-electron chi connectivity index (χ3n) is 9.41. The first-order valence-corrected chi connectivity index (χ1v) is 16.5. The molecule has 0 atom stereocenters. The van der Waals surface area contributed by atoms with Crippen LogP contribution in [0.2, 0.25) is 0 Å². The summed E-state index contributed by atoms with van der Waals surface area (Å²) >= 11 is 0. The highest BCUT2D eigenvalue weighted by molar-refractivity contribution is 6.15. The van der Waals surface area contributed by atoms with Crippen molar-refractivity contribution in [2.75, 3.05) is 0 Å². The third kappa shape index (κ3) is 4.72. The molecule has 0 bridgehead atoms. The van der Waals surface area contributed by atoms with E-state index >= 15 is 0 Å². The van der Waals surface area contributed by atoms with Gasteiger partial charge in [0.15, 0.2) is 11.6 Å². The van der Waals surface area contributed by atoms with Crippen molar-refractivity contribution in [1.82, 2.24) is 19.5 Å². The zero-order valence-corrected chi connectivity index (χ0v) is 27.2. The Morgan fingerprint density at radius 1 is 0.500 bits per heavy atom. The molecule has 0 radical (unpaired) electrons. The maximum atomic E-state index is 9.58. The Labute approximate surface area is 325 Å². The molecule has 2 aromatic heterocycles. The second-order valence-electron chi connectivity index (χ2n) is 12.5. The molecule has 0 aliphatic heterocycles. The molecule has 0 spiro atoms. The highest BCUT2D eigenvalue weighted by Crippen LogP contribution is 2.52. The highest BCUT2D eigenvalue weighted by Gasteiger charge is 2.37. The minimum atomic E-state index is -3.65. The van der Waals surface area contributed by atoms with Crippen molar-refractivity contribution in [2.24, 2.45) is 0 Å². The number of benzene rings is 7. The topological polar surface area (TPSA) is 43.6 Å². The van der Waals surface area contributed by atoms with E-state index in [1.54, 1.807) is 24.3 Å². The van der Waals surface area contributed by atoms with E-state index < -0.39 is 102 Å². The second kappa shape index (κ2) is 11.7. The molecule has 0 amide bonds. The number of fused-ring (bicyclic) bond motifs is 7. The summed E-state index contributed by atoms with van der Waals surface area (Å²) < 4.78 is 146. The first-order valence-electron chi connectivity index (χ1n) is 24.5. The number of hydrogen-bond acceptors (Lipinski definition) is 3. The minimum Gasteiger partial charge on any atom is -0.277 e. The molecule has 1 aliphatic rings. The van der Waals surface area contributed by atoms with Gasteiger partial charge in [-0.3, -0.25) is 4.57 Å². The second-order valence-corrected chi connectivity index (χ2v) is 12.5. The summed E-state index contributed by atoms with van der Waals surface area (Å²) in [5.74, 6) is -0.209. The van der Waals surface area contributed by atoms with Gasteiger partial charge >= 0.3 is 0 Å². The van der Waals surface area contributed by atoms with Crippen molar-refractivity contribution < 1.29 is 21.9 Å². The lowest BCUT2D eigenvalue weighted by atomic mass is 9.82. The maximum Gasteiger partial charge on any atom is 0.238 e. The van der Waals surface area contributed by atoms with E-state index in [-0.39, 0.29) is 39.4 Å². The molecule has 52 heavy (non-hydrogen) atoms. The van der Waals surface area contributed by atoms with Gasteiger partial charge in [-0.25, -0.2) is 4.98 Å². The lowest BCUT2D eigenvalue weighted by Gasteiger charge is -2.21. The standard InChI is InChI=1S/C48H34N4/c1-48(2)40-19-11-9-18-39(40)43-41(48)30-29-38-37-17-10-12-20-42(37)52(44(38)43)47-50-45(35-25-21-33(22-26-35)31-13-5-3-6-14-31)49-46(51-47)36-27-23-34(24-28-36)32-15-7-4-8-16-32/h3-30H,1-2H3/i1D3,2D3,9D,10D,11D,12D,17D,18D,19D,20D,29D,30D. The fourth-order valence-corrected chi connectivity index (χ4v) is 6.90. The Bertz CT molecular complexity index is 3460. The van der Waals surface area contributed by atoms with Crippen LogP contribution in [0, 0.1) is 0 Å². The van der Waals surface area contributed by atoms with Crippen molar-refractivity contribution >= 4 is 21.8 Å². The largest absolute Gasteiger partial charge is 0.277 e. The predicted octanol–water partition coefficient (Wildman–Crippen LogP) is 11.9. The molecule has 4 heteroatoms. The monoisotopic (exact) mass is 682 g/mol. The van der Waals surface area contributed by atoms with E-state index in [0.717, 1.165) is 26.8 Å². The average Bonchev–Trinajstić information content (AvgIpc) is 3.87. The molecule has 0 saturated heterocycles. The number of nitrogens with zero attached hydrogens (tertiary/aromatic N) is 4. The van der Waals surface area contributed by atoms with Gasteiger partial charge in [0.2, 0.25) is 5.95 Å². The van der Waals surface area contributed by atoms with Gasteiger partial charge in [0.1, 0.15) is 0 Å². The summed E-state index contributed by atoms with van der Waals surface area (Å²) in [4.78, 5) is 14.7. The fraction of sp³-hybridized carbons (Fsp3) is 0.0625. The molecule has 1 aliphatic carbocycles. The molecular formula is C48H34N4. The Morgan fingerprint density at radius 2 is 1.04 bits per heavy atom. The average molecular weight is 683 g/mol. The summed E-state index contributed by atoms with van der Waals surface area (Å²) in [5, 5.41) is -0.679. The summed E-state index contributed by atoms with van der Waals surface area (Å²) in [6, 6.07) is 25.6. The molecule has 0 N–H and O–H groups in total. The van der Waals surface area contributed by atoms with Crippen molar-refractivity contribution in [3.63, 3.8) is 0 Å². The third-order valence-corrected chi connectivity index (χ3v) is 9.41. The normalized spacial score (nSPS) is 17.8. The molecule has 7 aromatic carbocycles. The first kappa shape index (κ1) is 18.0. The Kier molecular flexibility index (Phi) is 4.06. The van der Waals surface area contributed by atoms with Crippen LogP contribution in [0.1, 0.15) is 46.8 Å². The van der Waals surface area contributed by atoms with E-state index in [1.807, 2.05) is 84.9 Å². The number of rotatable bonds is 5. The molecule has 9 aromatic rings. The van der Waals surface area contributed by atoms with Crippen LogP contribution in [0.15, 0.2) is 170 Å². The van der Waals surface area contributed by atoms with Crippen molar-refractivity contribution in [3.8, 4) is 62.1 Å². The van der Waals surface area contributed by atoms with Gasteiger partial charge in [-0.05, 0) is 45.0 Å². The summed E-state index contributed by atoms with van der Waals surface area (Å²) in [6.45, 7) is -7.31. The Balaban J connectivity index is 1.40. The van der Waals surface area contributed by atoms with Crippen molar-refractivity contribution in [2.45, 2.75) is 19.1 Å². The molecule has 0 unspecified atom stereocenters. The van der Waals surface area contributed by atoms with E-state index in [2.05, 4.69) is 0 Å². The van der Waals surface area contributed by atoms with Crippen LogP contribution >= 0.6 is 0 Å². The van der Waals surface area contributed by atoms with Gasteiger partial charge in [-0.1, -0.05) is 177 Å². The number of para-hydroxylation sites is 1. The Morgan fingerprint density at radius 3 is 1.65 bits per heavy atom. The first-order chi connectivity index (χ1) is 32.2. The van der Waals surface area contributed by atoms with Crippen LogP contribution < -0.4 is 0 Å². The summed E-state index contributed by atoms with van der Waals surface area (Å²) in [7, 11) is 0. The van der Waals surface area contributed by atoms with Gasteiger partial charge in [0.05, 0.1) is 24.7 Å². The lowest BCUT2D eigenvalue weighted by Crippen LogP contribution is -2.14. The van der Waals surface area contributed by atoms with Crippen LogP contribution in [-0.2, 0) is 5.41 Å². The smallest absolute Gasteiger partial charge is 0.238 e. The maximum absolute atomic E-state index is 9.58. The molecule has 0 fully saturated rings. The molecule has 4 nitrogen and oxygen atoms in total. The van der Waals surface area contributed by atoms with Crippen LogP contribution in [0.5, 0.6) is 0 Å². The van der Waals surface area contributed by atoms with Gasteiger partial charge in [0, 0.05) is 41.1 Å². The minimum absolute atomic E-state index is 0.0640. The molecule has 0 saturated carbocycles. The van der Waals surface area contributed by atoms with E-state index in [1.165, 1.54) is 0 Å². The Hall–Kier alpha value is -6.65. The molecule has 2 heterocycles. The van der Waals surface area contributed by atoms with Crippen LogP contribution in [0.4, 0.5) is 0 Å². The molecule has 10 rings (SSSR count). The zero-order valence-electron chi connectivity index (χ0n) is 43.2. The van der Waals surface area contributed by atoms with Gasteiger partial charge in [-0.15, -0.1) is 0 Å². The summed E-state index contributed by atoms with van der Waals surface area (Å²) in [5.41, 5.74) is -2.21. The quantitative estimate of drug-likeness (QED) is 0.181. The zero-order chi connectivity index (χ0) is 48.5. The molecule has 246 valence electrons. The van der Waals surface area contributed by atoms with Crippen molar-refractivity contribution in [1.29, 1.82) is 0 Å². The fourth-order valence-electron chi connectivity index (χ4n) is 6.90. The predicted molar refractivity (Wildman–Crippen MR) is 213 cm³/mol. The molecular weight excluding hydrogens is 633 g/mol. The van der Waals surface area contributed by atoms with Crippen LogP contribution in [0.25, 0.3) is 83.9 Å². The number of aromatic nitrogens is 4. The van der Waals surface area contributed by atoms with E-state index in [9.17, 15) is 6.85 Å². The van der Waals surface area contributed by atoms with Crippen molar-refractivity contribution in [3.05, 3.63) is 181 Å². The summed E-state index contributed by atoms with van der Waals surface area (Å²) in [6.07, 6.45) is 0. The van der Waals surface area contributed by atoms with E-state index in [0.29, 0.717) is 11.1 Å². The lowest BCUT2D eigenvalue weighted by molar-refractivity contribution is 0.660. The van der Waals surface area contributed by atoms with Gasteiger partial charge in [0.25, 0.3) is 0 Å². The van der Waals surface area contributed by atoms with Gasteiger partial charge < -0.3 is 0 Å². The van der Waals surface area contributed by atoms with Gasteiger partial charge in [-0.2, -0.15) is 9.97 Å².